The normalized spacial score (nSPS) is 21.2. The highest BCUT2D eigenvalue weighted by atomic mass is 16.5. The molecule has 2 heterocycles. The van der Waals surface area contributed by atoms with E-state index in [1.165, 1.54) is 0 Å². The zero-order valence-corrected chi connectivity index (χ0v) is 12.6. The first-order chi connectivity index (χ1) is 10.7. The van der Waals surface area contributed by atoms with Gasteiger partial charge < -0.3 is 19.7 Å². The van der Waals surface area contributed by atoms with Crippen molar-refractivity contribution in [2.45, 2.75) is 31.8 Å². The molecule has 22 heavy (non-hydrogen) atoms. The van der Waals surface area contributed by atoms with Crippen LogP contribution in [0, 0.1) is 0 Å². The van der Waals surface area contributed by atoms with Crippen molar-refractivity contribution < 1.29 is 19.1 Å². The highest BCUT2D eigenvalue weighted by Gasteiger charge is 2.26. The number of anilines is 2. The Kier molecular flexibility index (Phi) is 4.29. The molecule has 1 aromatic carbocycles. The number of rotatable bonds is 4. The van der Waals surface area contributed by atoms with Gasteiger partial charge in [0.2, 0.25) is 5.91 Å². The van der Waals surface area contributed by atoms with Crippen LogP contribution < -0.4 is 15.0 Å². The fraction of sp³-hybridized carbons (Fsp3) is 0.500. The Balaban J connectivity index is 1.76. The van der Waals surface area contributed by atoms with Crippen molar-refractivity contribution in [2.75, 3.05) is 30.5 Å². The van der Waals surface area contributed by atoms with Gasteiger partial charge in [-0.3, -0.25) is 9.59 Å². The van der Waals surface area contributed by atoms with E-state index in [4.69, 9.17) is 9.47 Å². The van der Waals surface area contributed by atoms with Gasteiger partial charge in [-0.15, -0.1) is 0 Å². The predicted octanol–water partition coefficient (Wildman–Crippen LogP) is 1.94. The van der Waals surface area contributed by atoms with Gasteiger partial charge in [0.1, 0.15) is 11.9 Å². The average Bonchev–Trinajstić information content (AvgIpc) is 3.18. The molecule has 2 aliphatic heterocycles. The Morgan fingerprint density at radius 2 is 2.27 bits per heavy atom. The van der Waals surface area contributed by atoms with E-state index in [-0.39, 0.29) is 17.9 Å². The largest absolute Gasteiger partial charge is 0.494 e. The van der Waals surface area contributed by atoms with Crippen molar-refractivity contribution in [3.05, 3.63) is 18.2 Å². The van der Waals surface area contributed by atoms with Crippen LogP contribution in [0.15, 0.2) is 18.2 Å². The van der Waals surface area contributed by atoms with Crippen LogP contribution in [0.5, 0.6) is 5.75 Å². The van der Waals surface area contributed by atoms with Gasteiger partial charge in [-0.25, -0.2) is 0 Å². The monoisotopic (exact) mass is 304 g/mol. The first-order valence-electron chi connectivity index (χ1n) is 7.60. The minimum absolute atomic E-state index is 0.106. The van der Waals surface area contributed by atoms with Crippen molar-refractivity contribution in [1.29, 1.82) is 0 Å². The SMILES string of the molecule is COc1cc(NC(=O)C2CCCO2)ccc1N1CCCC1=O. The van der Waals surface area contributed by atoms with Gasteiger partial charge >= 0.3 is 0 Å². The number of hydrogen-bond donors (Lipinski definition) is 1. The Morgan fingerprint density at radius 3 is 2.91 bits per heavy atom. The maximum absolute atomic E-state index is 12.1. The van der Waals surface area contributed by atoms with Gasteiger partial charge in [-0.1, -0.05) is 0 Å². The first kappa shape index (κ1) is 14.8. The summed E-state index contributed by atoms with van der Waals surface area (Å²) in [7, 11) is 1.56. The number of benzene rings is 1. The van der Waals surface area contributed by atoms with E-state index in [1.54, 1.807) is 24.1 Å². The topological polar surface area (TPSA) is 67.9 Å². The van der Waals surface area contributed by atoms with E-state index >= 15 is 0 Å². The van der Waals surface area contributed by atoms with Gasteiger partial charge in [0.25, 0.3) is 5.91 Å². The summed E-state index contributed by atoms with van der Waals surface area (Å²) in [5.74, 6) is 0.555. The highest BCUT2D eigenvalue weighted by Crippen LogP contribution is 2.34. The molecule has 1 unspecified atom stereocenters. The van der Waals surface area contributed by atoms with Crippen LogP contribution in [0.2, 0.25) is 0 Å². The van der Waals surface area contributed by atoms with E-state index in [2.05, 4.69) is 5.32 Å². The quantitative estimate of drug-likeness (QED) is 0.923. The molecule has 2 saturated heterocycles. The van der Waals surface area contributed by atoms with Crippen LogP contribution in [0.1, 0.15) is 25.7 Å². The van der Waals surface area contributed by atoms with E-state index in [0.717, 1.165) is 24.9 Å². The zero-order valence-electron chi connectivity index (χ0n) is 12.6. The maximum Gasteiger partial charge on any atom is 0.253 e. The molecule has 3 rings (SSSR count). The summed E-state index contributed by atoms with van der Waals surface area (Å²) in [6.07, 6.45) is 2.73. The summed E-state index contributed by atoms with van der Waals surface area (Å²) in [6, 6.07) is 5.34. The fourth-order valence-corrected chi connectivity index (χ4v) is 2.89. The van der Waals surface area contributed by atoms with E-state index in [0.29, 0.717) is 31.0 Å². The molecular formula is C16H20N2O4. The summed E-state index contributed by atoms with van der Waals surface area (Å²) in [5.41, 5.74) is 1.40. The third-order valence-electron chi connectivity index (χ3n) is 4.03. The lowest BCUT2D eigenvalue weighted by atomic mass is 10.2. The second kappa shape index (κ2) is 6.36. The molecule has 2 fully saturated rings. The van der Waals surface area contributed by atoms with Gasteiger partial charge in [-0.05, 0) is 31.4 Å². The lowest BCUT2D eigenvalue weighted by molar-refractivity contribution is -0.124. The summed E-state index contributed by atoms with van der Waals surface area (Å²) in [4.78, 5) is 25.7. The number of amides is 2. The molecule has 0 radical (unpaired) electrons. The molecule has 0 aliphatic carbocycles. The van der Waals surface area contributed by atoms with Crippen LogP contribution in [0.25, 0.3) is 0 Å². The molecule has 1 atom stereocenters. The average molecular weight is 304 g/mol. The summed E-state index contributed by atoms with van der Waals surface area (Å²) in [5, 5.41) is 2.84. The molecule has 6 heteroatoms. The third kappa shape index (κ3) is 2.92. The van der Waals surface area contributed by atoms with Crippen molar-refractivity contribution in [1.82, 2.24) is 0 Å². The molecular weight excluding hydrogens is 284 g/mol. The number of carbonyl (C=O) groups excluding carboxylic acids is 2. The third-order valence-corrected chi connectivity index (χ3v) is 4.03. The summed E-state index contributed by atoms with van der Waals surface area (Å²) < 4.78 is 10.7. The Morgan fingerprint density at radius 1 is 1.41 bits per heavy atom. The summed E-state index contributed by atoms with van der Waals surface area (Å²) in [6.45, 7) is 1.34. The van der Waals surface area contributed by atoms with Crippen LogP contribution in [-0.4, -0.2) is 38.2 Å². The number of nitrogens with one attached hydrogen (secondary N) is 1. The predicted molar refractivity (Wildman–Crippen MR) is 82.2 cm³/mol. The Labute approximate surface area is 129 Å². The van der Waals surface area contributed by atoms with E-state index in [1.807, 2.05) is 6.07 Å². The Hall–Kier alpha value is -2.08. The van der Waals surface area contributed by atoms with Crippen LogP contribution in [0.4, 0.5) is 11.4 Å². The zero-order chi connectivity index (χ0) is 15.5. The molecule has 0 bridgehead atoms. The van der Waals surface area contributed by atoms with Gasteiger partial charge in [-0.2, -0.15) is 0 Å². The standard InChI is InChI=1S/C16H20N2O4/c1-21-14-10-11(17-16(20)13-4-3-9-22-13)6-7-12(14)18-8-2-5-15(18)19/h6-7,10,13H,2-5,8-9H2,1H3,(H,17,20). The van der Waals surface area contributed by atoms with E-state index in [9.17, 15) is 9.59 Å². The molecule has 2 amide bonds. The van der Waals surface area contributed by atoms with Crippen LogP contribution >= 0.6 is 0 Å². The second-order valence-corrected chi connectivity index (χ2v) is 5.53. The van der Waals surface area contributed by atoms with E-state index < -0.39 is 0 Å². The maximum atomic E-state index is 12.1. The number of carbonyl (C=O) groups is 2. The van der Waals surface area contributed by atoms with Crippen molar-refractivity contribution in [2.24, 2.45) is 0 Å². The minimum Gasteiger partial charge on any atom is -0.494 e. The fourth-order valence-electron chi connectivity index (χ4n) is 2.89. The first-order valence-corrected chi connectivity index (χ1v) is 7.60. The number of methoxy groups -OCH3 is 1. The number of hydrogen-bond acceptors (Lipinski definition) is 4. The second-order valence-electron chi connectivity index (χ2n) is 5.53. The molecule has 1 N–H and O–H groups in total. The van der Waals surface area contributed by atoms with Crippen LogP contribution in [-0.2, 0) is 14.3 Å². The van der Waals surface area contributed by atoms with Crippen LogP contribution in [0.3, 0.4) is 0 Å². The lowest BCUT2D eigenvalue weighted by Gasteiger charge is -2.20. The Bertz CT molecular complexity index is 582. The molecule has 1 aromatic rings. The molecule has 6 nitrogen and oxygen atoms in total. The summed E-state index contributed by atoms with van der Waals surface area (Å²) >= 11 is 0. The molecule has 0 saturated carbocycles. The van der Waals surface area contributed by atoms with Gasteiger partial charge in [0.05, 0.1) is 12.8 Å². The van der Waals surface area contributed by atoms with Crippen molar-refractivity contribution in [3.63, 3.8) is 0 Å². The molecule has 0 aromatic heterocycles. The van der Waals surface area contributed by atoms with Gasteiger partial charge in [0, 0.05) is 31.3 Å². The molecule has 2 aliphatic rings. The lowest BCUT2D eigenvalue weighted by Crippen LogP contribution is -2.27. The minimum atomic E-state index is -0.370. The molecule has 0 spiro atoms. The highest BCUT2D eigenvalue weighted by molar-refractivity contribution is 5.98. The number of ether oxygens (including phenoxy) is 2. The molecule has 118 valence electrons. The van der Waals surface area contributed by atoms with Gasteiger partial charge in [0.15, 0.2) is 0 Å². The van der Waals surface area contributed by atoms with Crippen molar-refractivity contribution >= 4 is 23.2 Å². The number of nitrogens with zero attached hydrogens (tertiary/aromatic N) is 1. The smallest absolute Gasteiger partial charge is 0.253 e. The van der Waals surface area contributed by atoms with Crippen molar-refractivity contribution in [3.8, 4) is 5.75 Å².